The van der Waals surface area contributed by atoms with E-state index in [1.165, 1.54) is 12.1 Å². The van der Waals surface area contributed by atoms with Gasteiger partial charge < -0.3 is 20.5 Å². The van der Waals surface area contributed by atoms with Gasteiger partial charge in [0.25, 0.3) is 0 Å². The first-order chi connectivity index (χ1) is 12.2. The van der Waals surface area contributed by atoms with Crippen molar-refractivity contribution in [2.24, 2.45) is 0 Å². The first kappa shape index (κ1) is 19.6. The molecule has 0 aliphatic rings. The lowest BCUT2D eigenvalue weighted by Gasteiger charge is -2.15. The van der Waals surface area contributed by atoms with Crippen molar-refractivity contribution in [2.45, 2.75) is 19.2 Å². The second kappa shape index (κ2) is 8.57. The van der Waals surface area contributed by atoms with Gasteiger partial charge in [0.1, 0.15) is 18.5 Å². The summed E-state index contributed by atoms with van der Waals surface area (Å²) < 4.78 is 43.0. The number of alkyl halides is 3. The third kappa shape index (κ3) is 6.29. The van der Waals surface area contributed by atoms with Crippen LogP contribution < -0.4 is 15.4 Å². The summed E-state index contributed by atoms with van der Waals surface area (Å²) in [6.07, 6.45) is -5.54. The van der Waals surface area contributed by atoms with E-state index in [-0.39, 0.29) is 18.9 Å². The highest BCUT2D eigenvalue weighted by Gasteiger charge is 2.30. The standard InChI is InChI=1S/C18H19F3N2O3/c1-12-5-7-14(8-6-12)23-17(25)22-10-15(24)11-26-16-4-2-3-13(9-16)18(19,20)21/h2-9,15,24H,10-11H2,1H3,(H2,22,23,25)/t15-/m1/s1. The number of ether oxygens (including phenoxy) is 1. The van der Waals surface area contributed by atoms with Crippen molar-refractivity contribution < 1.29 is 27.8 Å². The molecule has 0 saturated heterocycles. The van der Waals surface area contributed by atoms with Crippen LogP contribution in [-0.4, -0.2) is 30.4 Å². The van der Waals surface area contributed by atoms with Crippen molar-refractivity contribution in [3.63, 3.8) is 0 Å². The molecule has 8 heteroatoms. The largest absolute Gasteiger partial charge is 0.491 e. The molecule has 2 rings (SSSR count). The summed E-state index contributed by atoms with van der Waals surface area (Å²) in [5, 5.41) is 14.9. The number of aryl methyl sites for hydroxylation is 1. The molecule has 0 fully saturated rings. The Morgan fingerprint density at radius 3 is 2.54 bits per heavy atom. The molecule has 3 N–H and O–H groups in total. The maximum Gasteiger partial charge on any atom is 0.416 e. The number of nitrogens with one attached hydrogen (secondary N) is 2. The summed E-state index contributed by atoms with van der Waals surface area (Å²) in [7, 11) is 0. The smallest absolute Gasteiger partial charge is 0.416 e. The number of carbonyl (C=O) groups excluding carboxylic acids is 1. The Morgan fingerprint density at radius 1 is 1.19 bits per heavy atom. The number of hydrogen-bond acceptors (Lipinski definition) is 3. The van der Waals surface area contributed by atoms with E-state index in [2.05, 4.69) is 10.6 Å². The molecule has 26 heavy (non-hydrogen) atoms. The first-order valence-electron chi connectivity index (χ1n) is 7.83. The number of benzene rings is 2. The number of hydrogen-bond donors (Lipinski definition) is 3. The molecule has 0 aliphatic heterocycles. The number of aliphatic hydroxyl groups excluding tert-OH is 1. The molecule has 0 radical (unpaired) electrons. The minimum absolute atomic E-state index is 0.0111. The third-order valence-electron chi connectivity index (χ3n) is 3.41. The lowest BCUT2D eigenvalue weighted by Crippen LogP contribution is -2.37. The quantitative estimate of drug-likeness (QED) is 0.730. The Hall–Kier alpha value is -2.74. The Balaban J connectivity index is 1.76. The predicted octanol–water partition coefficient (Wildman–Crippen LogP) is 3.58. The number of halogens is 3. The summed E-state index contributed by atoms with van der Waals surface area (Å²) in [4.78, 5) is 11.7. The van der Waals surface area contributed by atoms with E-state index in [0.29, 0.717) is 5.69 Å². The van der Waals surface area contributed by atoms with E-state index in [1.807, 2.05) is 19.1 Å². The number of urea groups is 1. The number of anilines is 1. The van der Waals surface area contributed by atoms with E-state index in [4.69, 9.17) is 4.74 Å². The Kier molecular flexibility index (Phi) is 6.46. The zero-order valence-electron chi connectivity index (χ0n) is 14.0. The van der Waals surface area contributed by atoms with E-state index in [0.717, 1.165) is 17.7 Å². The summed E-state index contributed by atoms with van der Waals surface area (Å²) in [6.45, 7) is 1.55. The van der Waals surface area contributed by atoms with Crippen LogP contribution in [0.25, 0.3) is 0 Å². The highest BCUT2D eigenvalue weighted by atomic mass is 19.4. The van der Waals surface area contributed by atoms with Crippen LogP contribution in [0, 0.1) is 6.92 Å². The second-order valence-corrected chi connectivity index (χ2v) is 5.69. The highest BCUT2D eigenvalue weighted by molar-refractivity contribution is 5.89. The lowest BCUT2D eigenvalue weighted by atomic mass is 10.2. The van der Waals surface area contributed by atoms with Crippen LogP contribution in [-0.2, 0) is 6.18 Å². The van der Waals surface area contributed by atoms with Gasteiger partial charge in [0.2, 0.25) is 0 Å². The Labute approximate surface area is 148 Å². The van der Waals surface area contributed by atoms with Crippen LogP contribution >= 0.6 is 0 Å². The summed E-state index contributed by atoms with van der Waals surface area (Å²) >= 11 is 0. The van der Waals surface area contributed by atoms with Crippen molar-refractivity contribution in [3.05, 3.63) is 59.7 Å². The zero-order chi connectivity index (χ0) is 19.2. The van der Waals surface area contributed by atoms with Crippen LogP contribution in [0.5, 0.6) is 5.75 Å². The molecule has 0 heterocycles. The molecule has 1 atom stereocenters. The molecule has 0 aliphatic carbocycles. The SMILES string of the molecule is Cc1ccc(NC(=O)NC[C@@H](O)COc2cccc(C(F)(F)F)c2)cc1. The van der Waals surface area contributed by atoms with Crippen molar-refractivity contribution in [3.8, 4) is 5.75 Å². The molecule has 0 spiro atoms. The minimum Gasteiger partial charge on any atom is -0.491 e. The molecule has 0 bridgehead atoms. The van der Waals surface area contributed by atoms with Gasteiger partial charge in [-0.05, 0) is 37.3 Å². The summed E-state index contributed by atoms with van der Waals surface area (Å²) in [6, 6.07) is 11.0. The van der Waals surface area contributed by atoms with E-state index in [1.54, 1.807) is 12.1 Å². The van der Waals surface area contributed by atoms with Crippen LogP contribution in [0.3, 0.4) is 0 Å². The van der Waals surface area contributed by atoms with Crippen LogP contribution in [0.2, 0.25) is 0 Å². The monoisotopic (exact) mass is 368 g/mol. The normalized spacial score (nSPS) is 12.3. The average molecular weight is 368 g/mol. The van der Waals surface area contributed by atoms with Crippen LogP contribution in [0.15, 0.2) is 48.5 Å². The van der Waals surface area contributed by atoms with Gasteiger partial charge in [0.05, 0.1) is 5.56 Å². The summed E-state index contributed by atoms with van der Waals surface area (Å²) in [5.41, 5.74) is 0.820. The van der Waals surface area contributed by atoms with E-state index >= 15 is 0 Å². The van der Waals surface area contributed by atoms with Gasteiger partial charge >= 0.3 is 12.2 Å². The molecule has 2 amide bonds. The molecule has 2 aromatic carbocycles. The van der Waals surface area contributed by atoms with Crippen molar-refractivity contribution in [1.29, 1.82) is 0 Å². The number of aliphatic hydroxyl groups is 1. The molecule has 140 valence electrons. The fourth-order valence-electron chi connectivity index (χ4n) is 2.04. The van der Waals surface area contributed by atoms with Crippen molar-refractivity contribution in [1.82, 2.24) is 5.32 Å². The molecule has 0 aromatic heterocycles. The van der Waals surface area contributed by atoms with Gasteiger partial charge in [-0.1, -0.05) is 23.8 Å². The number of rotatable bonds is 6. The van der Waals surface area contributed by atoms with Gasteiger partial charge in [-0.25, -0.2) is 4.79 Å². The van der Waals surface area contributed by atoms with Gasteiger partial charge in [0.15, 0.2) is 0 Å². The number of amides is 2. The van der Waals surface area contributed by atoms with Crippen LogP contribution in [0.1, 0.15) is 11.1 Å². The molecule has 2 aromatic rings. The fraction of sp³-hybridized carbons (Fsp3) is 0.278. The van der Waals surface area contributed by atoms with Gasteiger partial charge in [-0.3, -0.25) is 0 Å². The molecular formula is C18H19F3N2O3. The zero-order valence-corrected chi connectivity index (χ0v) is 14.0. The maximum absolute atomic E-state index is 12.6. The average Bonchev–Trinajstić information content (AvgIpc) is 2.60. The fourth-order valence-corrected chi connectivity index (χ4v) is 2.04. The molecular weight excluding hydrogens is 349 g/mol. The molecule has 5 nitrogen and oxygen atoms in total. The van der Waals surface area contributed by atoms with E-state index < -0.39 is 23.9 Å². The third-order valence-corrected chi connectivity index (χ3v) is 3.41. The van der Waals surface area contributed by atoms with Gasteiger partial charge in [-0.2, -0.15) is 13.2 Å². The highest BCUT2D eigenvalue weighted by Crippen LogP contribution is 2.31. The van der Waals surface area contributed by atoms with Gasteiger partial charge in [-0.15, -0.1) is 0 Å². The second-order valence-electron chi connectivity index (χ2n) is 5.69. The predicted molar refractivity (Wildman–Crippen MR) is 91.1 cm³/mol. The van der Waals surface area contributed by atoms with Crippen LogP contribution in [0.4, 0.5) is 23.7 Å². The maximum atomic E-state index is 12.6. The molecule has 0 saturated carbocycles. The Morgan fingerprint density at radius 2 is 1.88 bits per heavy atom. The van der Waals surface area contributed by atoms with Crippen molar-refractivity contribution >= 4 is 11.7 Å². The summed E-state index contributed by atoms with van der Waals surface area (Å²) in [5.74, 6) is -0.0111. The van der Waals surface area contributed by atoms with Crippen molar-refractivity contribution in [2.75, 3.05) is 18.5 Å². The first-order valence-corrected chi connectivity index (χ1v) is 7.83. The van der Waals surface area contributed by atoms with Gasteiger partial charge in [0, 0.05) is 12.2 Å². The topological polar surface area (TPSA) is 70.6 Å². The van der Waals surface area contributed by atoms with E-state index in [9.17, 15) is 23.1 Å². The minimum atomic E-state index is -4.46. The molecule has 0 unspecified atom stereocenters. The lowest BCUT2D eigenvalue weighted by molar-refractivity contribution is -0.137. The number of carbonyl (C=O) groups is 1. The Bertz CT molecular complexity index is 733.